The fourth-order valence-electron chi connectivity index (χ4n) is 2.14. The Bertz CT molecular complexity index is 827. The molecule has 0 saturated carbocycles. The van der Waals surface area contributed by atoms with Gasteiger partial charge in [0.1, 0.15) is 5.69 Å². The van der Waals surface area contributed by atoms with Crippen LogP contribution in [-0.2, 0) is 6.54 Å². The first-order chi connectivity index (χ1) is 10.1. The van der Waals surface area contributed by atoms with E-state index in [-0.39, 0.29) is 5.69 Å². The maximum Gasteiger partial charge on any atom is 0.293 e. The minimum atomic E-state index is -0.447. The molecule has 0 spiro atoms. The Labute approximate surface area is 129 Å². The molecule has 0 amide bonds. The largest absolute Gasteiger partial charge is 0.374 e. The number of nitro benzene ring substituents is 1. The lowest BCUT2D eigenvalue weighted by molar-refractivity contribution is -0.383. The van der Waals surface area contributed by atoms with Gasteiger partial charge in [-0.2, -0.15) is 0 Å². The zero-order valence-electron chi connectivity index (χ0n) is 11.0. The van der Waals surface area contributed by atoms with Gasteiger partial charge in [-0.3, -0.25) is 14.5 Å². The zero-order chi connectivity index (χ0) is 15.0. The number of imidazole rings is 1. The van der Waals surface area contributed by atoms with Crippen LogP contribution in [0.5, 0.6) is 0 Å². The Morgan fingerprint density at radius 2 is 2.33 bits per heavy atom. The van der Waals surface area contributed by atoms with Crippen LogP contribution in [0.4, 0.5) is 11.4 Å². The summed E-state index contributed by atoms with van der Waals surface area (Å²) in [7, 11) is 0. The summed E-state index contributed by atoms with van der Waals surface area (Å²) >= 11 is 7.36. The lowest BCUT2D eigenvalue weighted by atomic mass is 10.2. The average molecular weight is 323 g/mol. The quantitative estimate of drug-likeness (QED) is 0.584. The summed E-state index contributed by atoms with van der Waals surface area (Å²) in [5.41, 5.74) is 2.29. The molecule has 21 heavy (non-hydrogen) atoms. The van der Waals surface area contributed by atoms with Crippen LogP contribution in [0.15, 0.2) is 29.8 Å². The number of rotatable bonds is 4. The number of halogens is 1. The van der Waals surface area contributed by atoms with Crippen molar-refractivity contribution in [1.29, 1.82) is 0 Å². The van der Waals surface area contributed by atoms with E-state index >= 15 is 0 Å². The highest BCUT2D eigenvalue weighted by atomic mass is 35.5. The number of aryl methyl sites for hydroxylation is 1. The minimum Gasteiger partial charge on any atom is -0.374 e. The van der Waals surface area contributed by atoms with Gasteiger partial charge in [-0.05, 0) is 19.1 Å². The maximum atomic E-state index is 11.1. The Hall–Kier alpha value is -2.12. The van der Waals surface area contributed by atoms with Crippen molar-refractivity contribution in [2.45, 2.75) is 13.5 Å². The van der Waals surface area contributed by atoms with Gasteiger partial charge in [0.25, 0.3) is 5.69 Å². The smallest absolute Gasteiger partial charge is 0.293 e. The van der Waals surface area contributed by atoms with Crippen LogP contribution in [0.1, 0.15) is 11.4 Å². The van der Waals surface area contributed by atoms with E-state index in [4.69, 9.17) is 11.6 Å². The van der Waals surface area contributed by atoms with Gasteiger partial charge >= 0.3 is 0 Å². The third-order valence-corrected chi connectivity index (χ3v) is 4.16. The first kappa shape index (κ1) is 13.8. The standard InChI is InChI=1S/C13H11ClN4O2S/c1-8-12(17-4-5-21-13(17)16-8)7-15-10-3-2-9(14)6-11(10)18(19)20/h2-6,15H,7H2,1H3. The molecule has 1 aromatic carbocycles. The predicted molar refractivity (Wildman–Crippen MR) is 83.2 cm³/mol. The zero-order valence-corrected chi connectivity index (χ0v) is 12.6. The molecule has 108 valence electrons. The molecule has 8 heteroatoms. The molecule has 6 nitrogen and oxygen atoms in total. The number of benzene rings is 1. The first-order valence-electron chi connectivity index (χ1n) is 6.15. The number of aromatic nitrogens is 2. The van der Waals surface area contributed by atoms with E-state index in [1.54, 1.807) is 23.5 Å². The maximum absolute atomic E-state index is 11.1. The highest BCUT2D eigenvalue weighted by molar-refractivity contribution is 7.15. The molecule has 1 N–H and O–H groups in total. The predicted octanol–water partition coefficient (Wildman–Crippen LogP) is 3.88. The van der Waals surface area contributed by atoms with E-state index in [1.807, 2.05) is 22.9 Å². The van der Waals surface area contributed by atoms with Crippen molar-refractivity contribution >= 4 is 39.3 Å². The molecule has 3 aromatic rings. The van der Waals surface area contributed by atoms with Gasteiger partial charge in [-0.25, -0.2) is 4.98 Å². The molecule has 0 bridgehead atoms. The number of hydrogen-bond acceptors (Lipinski definition) is 5. The van der Waals surface area contributed by atoms with E-state index < -0.39 is 4.92 Å². The molecule has 0 aliphatic carbocycles. The number of fused-ring (bicyclic) bond motifs is 1. The fourth-order valence-corrected chi connectivity index (χ4v) is 3.08. The van der Waals surface area contributed by atoms with Gasteiger partial charge in [0.05, 0.1) is 22.9 Å². The lowest BCUT2D eigenvalue weighted by Gasteiger charge is -2.07. The average Bonchev–Trinajstić information content (AvgIpc) is 2.98. The molecule has 0 saturated heterocycles. The SMILES string of the molecule is Cc1nc2sccn2c1CNc1ccc(Cl)cc1[N+](=O)[O-]. The molecule has 2 aromatic heterocycles. The number of anilines is 1. The first-order valence-corrected chi connectivity index (χ1v) is 7.41. The van der Waals surface area contributed by atoms with Crippen LogP contribution in [-0.4, -0.2) is 14.3 Å². The second-order valence-corrected chi connectivity index (χ2v) is 5.78. The molecular formula is C13H11ClN4O2S. The van der Waals surface area contributed by atoms with Gasteiger partial charge in [-0.1, -0.05) is 11.6 Å². The van der Waals surface area contributed by atoms with Crippen molar-refractivity contribution < 1.29 is 4.92 Å². The number of nitrogens with zero attached hydrogens (tertiary/aromatic N) is 3. The Morgan fingerprint density at radius 3 is 3.10 bits per heavy atom. The minimum absolute atomic E-state index is 0.0359. The summed E-state index contributed by atoms with van der Waals surface area (Å²) < 4.78 is 1.98. The van der Waals surface area contributed by atoms with Crippen molar-refractivity contribution in [2.24, 2.45) is 0 Å². The van der Waals surface area contributed by atoms with Gasteiger partial charge in [0.15, 0.2) is 4.96 Å². The third kappa shape index (κ3) is 2.57. The van der Waals surface area contributed by atoms with Crippen molar-refractivity contribution in [2.75, 3.05) is 5.32 Å². The molecule has 0 aliphatic rings. The van der Waals surface area contributed by atoms with Crippen LogP contribution < -0.4 is 5.32 Å². The topological polar surface area (TPSA) is 72.5 Å². The van der Waals surface area contributed by atoms with E-state index in [9.17, 15) is 10.1 Å². The van der Waals surface area contributed by atoms with Crippen molar-refractivity contribution in [3.8, 4) is 0 Å². The molecule has 2 heterocycles. The Kier molecular flexibility index (Phi) is 3.52. The highest BCUT2D eigenvalue weighted by Gasteiger charge is 2.15. The summed E-state index contributed by atoms with van der Waals surface area (Å²) in [5.74, 6) is 0. The number of nitro groups is 1. The van der Waals surface area contributed by atoms with E-state index in [0.29, 0.717) is 17.3 Å². The van der Waals surface area contributed by atoms with Crippen molar-refractivity contribution in [1.82, 2.24) is 9.38 Å². The molecule has 0 fully saturated rings. The van der Waals surface area contributed by atoms with Crippen molar-refractivity contribution in [3.05, 3.63) is 56.3 Å². The lowest BCUT2D eigenvalue weighted by Crippen LogP contribution is -2.05. The van der Waals surface area contributed by atoms with Crippen LogP contribution >= 0.6 is 22.9 Å². The summed E-state index contributed by atoms with van der Waals surface area (Å²) in [6, 6.07) is 4.58. The van der Waals surface area contributed by atoms with Crippen LogP contribution in [0.2, 0.25) is 5.02 Å². The molecule has 0 atom stereocenters. The molecule has 0 unspecified atom stereocenters. The van der Waals surface area contributed by atoms with Gasteiger partial charge in [0, 0.05) is 22.7 Å². The van der Waals surface area contributed by atoms with Crippen LogP contribution in [0, 0.1) is 17.0 Å². The number of hydrogen-bond donors (Lipinski definition) is 1. The summed E-state index contributed by atoms with van der Waals surface area (Å²) in [6.07, 6.45) is 1.94. The Morgan fingerprint density at radius 1 is 1.52 bits per heavy atom. The van der Waals surface area contributed by atoms with Crippen molar-refractivity contribution in [3.63, 3.8) is 0 Å². The normalized spacial score (nSPS) is 11.0. The third-order valence-electron chi connectivity index (χ3n) is 3.16. The van der Waals surface area contributed by atoms with Gasteiger partial charge in [-0.15, -0.1) is 11.3 Å². The Balaban J connectivity index is 1.90. The van der Waals surface area contributed by atoms with E-state index in [0.717, 1.165) is 16.3 Å². The highest BCUT2D eigenvalue weighted by Crippen LogP contribution is 2.28. The molecule has 0 aliphatic heterocycles. The second-order valence-electron chi connectivity index (χ2n) is 4.47. The van der Waals surface area contributed by atoms with E-state index in [2.05, 4.69) is 10.3 Å². The molecule has 0 radical (unpaired) electrons. The summed E-state index contributed by atoms with van der Waals surface area (Å²) in [6.45, 7) is 2.37. The summed E-state index contributed by atoms with van der Waals surface area (Å²) in [4.78, 5) is 16.0. The molecule has 3 rings (SSSR count). The summed E-state index contributed by atoms with van der Waals surface area (Å²) in [5, 5.41) is 16.4. The molecular weight excluding hydrogens is 312 g/mol. The number of nitrogens with one attached hydrogen (secondary N) is 1. The van der Waals surface area contributed by atoms with Gasteiger partial charge in [0.2, 0.25) is 0 Å². The van der Waals surface area contributed by atoms with Crippen LogP contribution in [0.3, 0.4) is 0 Å². The number of thiazole rings is 1. The fraction of sp³-hybridized carbons (Fsp3) is 0.154. The monoisotopic (exact) mass is 322 g/mol. The van der Waals surface area contributed by atoms with E-state index in [1.165, 1.54) is 6.07 Å². The van der Waals surface area contributed by atoms with Crippen LogP contribution in [0.25, 0.3) is 4.96 Å². The second kappa shape index (κ2) is 5.34. The van der Waals surface area contributed by atoms with Gasteiger partial charge < -0.3 is 5.32 Å².